The minimum atomic E-state index is -0.280. The first-order valence-corrected chi connectivity index (χ1v) is 9.14. The Bertz CT molecular complexity index is 934. The maximum Gasteiger partial charge on any atom is 0.258 e. The number of amides is 1. The molecule has 0 spiro atoms. The molecule has 0 fully saturated rings. The number of hydrogen-bond donors (Lipinski definition) is 1. The number of nitrogens with zero attached hydrogens (tertiary/aromatic N) is 3. The summed E-state index contributed by atoms with van der Waals surface area (Å²) >= 11 is 9.21. The lowest BCUT2D eigenvalue weighted by atomic mass is 10.0. The van der Waals surface area contributed by atoms with E-state index < -0.39 is 0 Å². The third kappa shape index (κ3) is 3.07. The second-order valence-electron chi connectivity index (χ2n) is 5.78. The van der Waals surface area contributed by atoms with E-state index in [1.807, 2.05) is 48.5 Å². The van der Waals surface area contributed by atoms with Crippen molar-refractivity contribution in [3.05, 3.63) is 64.4 Å². The molecule has 7 heteroatoms. The highest BCUT2D eigenvalue weighted by molar-refractivity contribution is 9.10. The molecule has 4 rings (SSSR count). The summed E-state index contributed by atoms with van der Waals surface area (Å²) in [6, 6.07) is 15.4. The highest BCUT2D eigenvalue weighted by Crippen LogP contribution is 2.32. The Hall–Kier alpha value is -2.18. The third-order valence-corrected chi connectivity index (χ3v) is 4.94. The quantitative estimate of drug-likeness (QED) is 0.648. The van der Waals surface area contributed by atoms with E-state index in [0.29, 0.717) is 6.42 Å². The van der Waals surface area contributed by atoms with E-state index in [-0.39, 0.29) is 17.8 Å². The highest BCUT2D eigenvalue weighted by Gasteiger charge is 2.34. The zero-order valence-electron chi connectivity index (χ0n) is 13.1. The van der Waals surface area contributed by atoms with Gasteiger partial charge in [0.05, 0.1) is 16.7 Å². The molecular formula is C18H14BrClN4O. The number of imidazole rings is 1. The first-order chi connectivity index (χ1) is 12.2. The van der Waals surface area contributed by atoms with Crippen LogP contribution in [-0.4, -0.2) is 32.5 Å². The number of nitrogens with one attached hydrogen (secondary N) is 1. The van der Waals surface area contributed by atoms with Gasteiger partial charge in [-0.05, 0) is 29.8 Å². The molecule has 0 bridgehead atoms. The molecule has 2 aromatic carbocycles. The van der Waals surface area contributed by atoms with Crippen LogP contribution in [0.2, 0.25) is 0 Å². The number of carbonyl (C=O) groups excluding carboxylic acids is 1. The van der Waals surface area contributed by atoms with Gasteiger partial charge in [-0.3, -0.25) is 4.79 Å². The molecule has 1 aliphatic rings. The maximum absolute atomic E-state index is 12.3. The van der Waals surface area contributed by atoms with Crippen molar-refractivity contribution in [2.24, 2.45) is 5.10 Å². The number of hydrogen-bond acceptors (Lipinski definition) is 3. The van der Waals surface area contributed by atoms with Crippen molar-refractivity contribution in [3.63, 3.8) is 0 Å². The normalized spacial score (nSPS) is 17.1. The first-order valence-electron chi connectivity index (χ1n) is 7.82. The second kappa shape index (κ2) is 6.61. The smallest absolute Gasteiger partial charge is 0.258 e. The fourth-order valence-corrected chi connectivity index (χ4v) is 3.35. The SMILES string of the molecule is O=C(CCl)N1N=C(c2ccc(Br)cc2)CC1c1nc2ccccc2[nH]1. The van der Waals surface area contributed by atoms with Crippen molar-refractivity contribution in [3.8, 4) is 0 Å². The Kier molecular flexibility index (Phi) is 4.31. The van der Waals surface area contributed by atoms with Crippen LogP contribution in [0.15, 0.2) is 58.1 Å². The molecule has 1 aromatic heterocycles. The van der Waals surface area contributed by atoms with E-state index in [1.165, 1.54) is 5.01 Å². The van der Waals surface area contributed by atoms with Crippen molar-refractivity contribution in [1.82, 2.24) is 15.0 Å². The maximum atomic E-state index is 12.3. The summed E-state index contributed by atoms with van der Waals surface area (Å²) in [5.74, 6) is 0.364. The number of aromatic nitrogens is 2. The number of fused-ring (bicyclic) bond motifs is 1. The zero-order valence-corrected chi connectivity index (χ0v) is 15.5. The van der Waals surface area contributed by atoms with Gasteiger partial charge in [-0.2, -0.15) is 5.10 Å². The number of hydrazone groups is 1. The van der Waals surface area contributed by atoms with Crippen molar-refractivity contribution >= 4 is 50.2 Å². The predicted molar refractivity (Wildman–Crippen MR) is 102 cm³/mol. The number of para-hydroxylation sites is 2. The van der Waals surface area contributed by atoms with Crippen LogP contribution in [0, 0.1) is 0 Å². The summed E-state index contributed by atoms with van der Waals surface area (Å²) in [6.07, 6.45) is 0.587. The van der Waals surface area contributed by atoms with E-state index in [2.05, 4.69) is 31.0 Å². The van der Waals surface area contributed by atoms with Crippen molar-refractivity contribution in [1.29, 1.82) is 0 Å². The van der Waals surface area contributed by atoms with E-state index in [9.17, 15) is 4.79 Å². The molecule has 3 aromatic rings. The van der Waals surface area contributed by atoms with Crippen molar-refractivity contribution in [2.45, 2.75) is 12.5 Å². The van der Waals surface area contributed by atoms with Crippen molar-refractivity contribution < 1.29 is 4.79 Å². The zero-order chi connectivity index (χ0) is 17.4. The van der Waals surface area contributed by atoms with Crippen LogP contribution in [0.1, 0.15) is 23.9 Å². The van der Waals surface area contributed by atoms with E-state index >= 15 is 0 Å². The van der Waals surface area contributed by atoms with Crippen molar-refractivity contribution in [2.75, 3.05) is 5.88 Å². The molecule has 1 N–H and O–H groups in total. The van der Waals surface area contributed by atoms with Gasteiger partial charge in [0.25, 0.3) is 5.91 Å². The van der Waals surface area contributed by atoms with Gasteiger partial charge in [0.15, 0.2) is 0 Å². The molecule has 0 aliphatic carbocycles. The standard InChI is InChI=1S/C18H14BrClN4O/c19-12-7-5-11(6-8-12)15-9-16(24(23-15)17(25)10-20)18-21-13-3-1-2-4-14(13)22-18/h1-8,16H,9-10H2,(H,21,22). The summed E-state index contributed by atoms with van der Waals surface area (Å²) in [4.78, 5) is 20.2. The fourth-order valence-electron chi connectivity index (χ4n) is 2.96. The van der Waals surface area contributed by atoms with Gasteiger partial charge in [-0.25, -0.2) is 9.99 Å². The van der Waals surface area contributed by atoms with E-state index in [1.54, 1.807) is 0 Å². The molecule has 1 aliphatic heterocycles. The lowest BCUT2D eigenvalue weighted by Crippen LogP contribution is -2.28. The van der Waals surface area contributed by atoms with Crippen LogP contribution in [0.4, 0.5) is 0 Å². The van der Waals surface area contributed by atoms with Gasteiger partial charge >= 0.3 is 0 Å². The van der Waals surface area contributed by atoms with Crippen LogP contribution in [0.3, 0.4) is 0 Å². The monoisotopic (exact) mass is 416 g/mol. The molecule has 5 nitrogen and oxygen atoms in total. The number of alkyl halides is 1. The summed E-state index contributed by atoms with van der Waals surface area (Å²) in [5.41, 5.74) is 3.63. The second-order valence-corrected chi connectivity index (χ2v) is 6.97. The summed E-state index contributed by atoms with van der Waals surface area (Å²) in [6.45, 7) is 0. The Labute approximate surface area is 157 Å². The van der Waals surface area contributed by atoms with Gasteiger partial charge in [-0.15, -0.1) is 11.6 Å². The molecule has 1 unspecified atom stereocenters. The van der Waals surface area contributed by atoms with Crippen LogP contribution >= 0.6 is 27.5 Å². The molecule has 126 valence electrons. The van der Waals surface area contributed by atoms with Gasteiger partial charge in [-0.1, -0.05) is 40.2 Å². The number of halogens is 2. The third-order valence-electron chi connectivity index (χ3n) is 4.18. The lowest BCUT2D eigenvalue weighted by Gasteiger charge is -2.18. The Morgan fingerprint density at radius 2 is 2.00 bits per heavy atom. The van der Waals surface area contributed by atoms with Crippen LogP contribution < -0.4 is 0 Å². The number of benzene rings is 2. The number of rotatable bonds is 3. The number of carbonyl (C=O) groups is 1. The van der Waals surface area contributed by atoms with Gasteiger partial charge in [0.1, 0.15) is 17.7 Å². The minimum absolute atomic E-state index is 0.117. The molecule has 2 heterocycles. The van der Waals surface area contributed by atoms with Crippen LogP contribution in [0.5, 0.6) is 0 Å². The molecule has 1 amide bonds. The predicted octanol–water partition coefficient (Wildman–Crippen LogP) is 4.24. The topological polar surface area (TPSA) is 61.4 Å². The Balaban J connectivity index is 1.71. The molecule has 1 atom stereocenters. The summed E-state index contributed by atoms with van der Waals surface area (Å²) in [7, 11) is 0. The molecular weight excluding hydrogens is 404 g/mol. The average Bonchev–Trinajstić information content (AvgIpc) is 3.25. The molecule has 0 radical (unpaired) electrons. The van der Waals surface area contributed by atoms with Crippen LogP contribution in [0.25, 0.3) is 11.0 Å². The fraction of sp³-hybridized carbons (Fsp3) is 0.167. The van der Waals surface area contributed by atoms with Crippen LogP contribution in [-0.2, 0) is 4.79 Å². The van der Waals surface area contributed by atoms with Gasteiger partial charge < -0.3 is 4.98 Å². The molecule has 0 saturated carbocycles. The van der Waals surface area contributed by atoms with Gasteiger partial charge in [0.2, 0.25) is 0 Å². The highest BCUT2D eigenvalue weighted by atomic mass is 79.9. The number of aromatic amines is 1. The molecule has 25 heavy (non-hydrogen) atoms. The summed E-state index contributed by atoms with van der Waals surface area (Å²) in [5, 5.41) is 5.97. The largest absolute Gasteiger partial charge is 0.340 e. The Morgan fingerprint density at radius 3 is 2.72 bits per heavy atom. The van der Waals surface area contributed by atoms with Gasteiger partial charge in [0, 0.05) is 10.9 Å². The minimum Gasteiger partial charge on any atom is -0.340 e. The lowest BCUT2D eigenvalue weighted by molar-refractivity contribution is -0.130. The summed E-state index contributed by atoms with van der Waals surface area (Å²) < 4.78 is 0.998. The van der Waals surface area contributed by atoms with E-state index in [0.717, 1.165) is 32.6 Å². The Morgan fingerprint density at radius 1 is 1.24 bits per heavy atom. The number of H-pyrrole nitrogens is 1. The average molecular weight is 418 g/mol. The van der Waals surface area contributed by atoms with E-state index in [4.69, 9.17) is 11.6 Å². The molecule has 0 saturated heterocycles. The first kappa shape index (κ1) is 16.3.